The topological polar surface area (TPSA) is 93.9 Å². The molecule has 2 aliphatic rings. The first-order valence-corrected chi connectivity index (χ1v) is 9.32. The molecule has 1 aromatic rings. The Balaban J connectivity index is 0.00000126. The lowest BCUT2D eigenvalue weighted by molar-refractivity contribution is -0.115. The van der Waals surface area contributed by atoms with E-state index in [4.69, 9.17) is 15.2 Å². The van der Waals surface area contributed by atoms with E-state index in [1.54, 1.807) is 23.1 Å². The number of fused-ring (bicyclic) bond motifs is 1. The minimum absolute atomic E-state index is 0.300. The second-order valence-electron chi connectivity index (χ2n) is 7.18. The smallest absolute Gasteiger partial charge is 0.410 e. The van der Waals surface area contributed by atoms with Crippen LogP contribution in [0.5, 0.6) is 5.75 Å². The number of nitrogen functional groups attached to an aromatic ring is 1. The number of benzene rings is 1. The summed E-state index contributed by atoms with van der Waals surface area (Å²) < 4.78 is 11.2. The molecule has 1 fully saturated rings. The van der Waals surface area contributed by atoms with Crippen LogP contribution < -0.4 is 15.8 Å². The van der Waals surface area contributed by atoms with Crippen LogP contribution in [0.25, 0.3) is 0 Å². The summed E-state index contributed by atoms with van der Waals surface area (Å²) >= 11 is 0. The molecule has 3 N–H and O–H groups in total. The molecule has 7 heteroatoms. The van der Waals surface area contributed by atoms with E-state index in [0.717, 1.165) is 5.57 Å². The highest BCUT2D eigenvalue weighted by atomic mass is 16.6. The van der Waals surface area contributed by atoms with E-state index in [0.29, 0.717) is 48.8 Å². The zero-order chi connectivity index (χ0) is 20.2. The van der Waals surface area contributed by atoms with Gasteiger partial charge in [0.25, 0.3) is 5.91 Å². The van der Waals surface area contributed by atoms with Crippen LogP contribution in [-0.2, 0) is 9.53 Å². The number of anilines is 2. The lowest BCUT2D eigenvalue weighted by Crippen LogP contribution is -2.41. The van der Waals surface area contributed by atoms with Crippen LogP contribution in [0.15, 0.2) is 29.5 Å². The molecule has 0 aliphatic carbocycles. The Labute approximate surface area is 160 Å². The highest BCUT2D eigenvalue weighted by Crippen LogP contribution is 2.37. The Morgan fingerprint density at radius 1 is 1.22 bits per heavy atom. The van der Waals surface area contributed by atoms with E-state index in [1.165, 1.54) is 0 Å². The maximum atomic E-state index is 12.4. The number of hydrogen-bond donors (Lipinski definition) is 2. The molecule has 1 aromatic carbocycles. The molecular weight excluding hydrogens is 346 g/mol. The number of hydrogen-bond acceptors (Lipinski definition) is 5. The van der Waals surface area contributed by atoms with Crippen molar-refractivity contribution >= 4 is 23.4 Å². The van der Waals surface area contributed by atoms with Crippen molar-refractivity contribution in [3.8, 4) is 5.75 Å². The van der Waals surface area contributed by atoms with Crippen LogP contribution in [0.4, 0.5) is 16.2 Å². The molecule has 0 spiro atoms. The van der Waals surface area contributed by atoms with Gasteiger partial charge in [0.1, 0.15) is 11.3 Å². The first kappa shape index (κ1) is 20.6. The van der Waals surface area contributed by atoms with Crippen molar-refractivity contribution in [2.45, 2.75) is 53.1 Å². The molecule has 3 rings (SSSR count). The van der Waals surface area contributed by atoms with Gasteiger partial charge in [0.2, 0.25) is 0 Å². The van der Waals surface area contributed by atoms with Crippen molar-refractivity contribution in [1.29, 1.82) is 0 Å². The van der Waals surface area contributed by atoms with E-state index in [2.05, 4.69) is 5.32 Å². The number of carbonyl (C=O) groups excluding carboxylic acids is 2. The Morgan fingerprint density at radius 3 is 2.44 bits per heavy atom. The Bertz CT molecular complexity index is 740. The van der Waals surface area contributed by atoms with Crippen LogP contribution >= 0.6 is 0 Å². The molecule has 7 nitrogen and oxygen atoms in total. The predicted molar refractivity (Wildman–Crippen MR) is 106 cm³/mol. The zero-order valence-corrected chi connectivity index (χ0v) is 16.7. The maximum absolute atomic E-state index is 12.4. The molecule has 0 aromatic heterocycles. The van der Waals surface area contributed by atoms with Crippen molar-refractivity contribution in [3.63, 3.8) is 0 Å². The van der Waals surface area contributed by atoms with Crippen molar-refractivity contribution in [2.24, 2.45) is 0 Å². The average molecular weight is 375 g/mol. The molecule has 0 unspecified atom stereocenters. The average Bonchev–Trinajstić information content (AvgIpc) is 2.62. The zero-order valence-electron chi connectivity index (χ0n) is 16.7. The van der Waals surface area contributed by atoms with Crippen LogP contribution in [0, 0.1) is 0 Å². The molecule has 2 aliphatic heterocycles. The fourth-order valence-electron chi connectivity index (χ4n) is 2.84. The summed E-state index contributed by atoms with van der Waals surface area (Å²) in [4.78, 5) is 26.1. The Hall–Kier alpha value is -2.70. The number of nitrogens with two attached hydrogens (primary N) is 1. The van der Waals surface area contributed by atoms with Gasteiger partial charge in [0.05, 0.1) is 5.69 Å². The van der Waals surface area contributed by atoms with Crippen LogP contribution in [0.1, 0.15) is 47.5 Å². The van der Waals surface area contributed by atoms with Crippen LogP contribution in [0.3, 0.4) is 0 Å². The quantitative estimate of drug-likeness (QED) is 0.530. The van der Waals surface area contributed by atoms with E-state index in [-0.39, 0.29) is 12.0 Å². The number of amides is 2. The molecule has 0 saturated carbocycles. The summed E-state index contributed by atoms with van der Waals surface area (Å²) in [5, 5.41) is 2.79. The number of nitrogens with zero attached hydrogens (tertiary/aromatic N) is 1. The third-order valence-corrected chi connectivity index (χ3v) is 4.06. The van der Waals surface area contributed by atoms with E-state index in [9.17, 15) is 9.59 Å². The first-order chi connectivity index (χ1) is 12.7. The minimum Gasteiger partial charge on any atom is -0.449 e. The molecule has 1 saturated heterocycles. The maximum Gasteiger partial charge on any atom is 0.410 e. The lowest BCUT2D eigenvalue weighted by Gasteiger charge is -2.32. The van der Waals surface area contributed by atoms with Gasteiger partial charge in [-0.15, -0.1) is 0 Å². The summed E-state index contributed by atoms with van der Waals surface area (Å²) in [6.45, 7) is 10.5. The van der Waals surface area contributed by atoms with Crippen molar-refractivity contribution in [3.05, 3.63) is 29.5 Å². The summed E-state index contributed by atoms with van der Waals surface area (Å²) in [6.07, 6.45) is 0.808. The molecule has 27 heavy (non-hydrogen) atoms. The van der Waals surface area contributed by atoms with Crippen LogP contribution in [-0.4, -0.2) is 35.6 Å². The largest absolute Gasteiger partial charge is 0.449 e. The van der Waals surface area contributed by atoms with Crippen LogP contribution in [0.2, 0.25) is 0 Å². The fraction of sp³-hybridized carbons (Fsp3) is 0.500. The van der Waals surface area contributed by atoms with Gasteiger partial charge in [-0.25, -0.2) is 4.79 Å². The number of para-hydroxylation sites is 1. The van der Waals surface area contributed by atoms with E-state index in [1.807, 2.05) is 34.6 Å². The number of carbonyl (C=O) groups is 2. The van der Waals surface area contributed by atoms with Gasteiger partial charge in [-0.2, -0.15) is 0 Å². The molecule has 2 heterocycles. The highest BCUT2D eigenvalue weighted by Gasteiger charge is 2.30. The second-order valence-corrected chi connectivity index (χ2v) is 7.18. The number of piperidine rings is 1. The number of likely N-dealkylation sites (tertiary alicyclic amines) is 1. The van der Waals surface area contributed by atoms with Gasteiger partial charge in [0, 0.05) is 13.1 Å². The summed E-state index contributed by atoms with van der Waals surface area (Å²) in [7, 11) is 0. The first-order valence-electron chi connectivity index (χ1n) is 9.32. The standard InChI is InChI=1S/C18H23N3O4.C2H6/c1-18(2,3)25-17(23)21-9-7-11(8-10-21)15-16(22)20-14-12(19)5-4-6-13(14)24-15;1-2/h4-6H,7-10,19H2,1-3H3,(H,20,22);1-2H3. The molecule has 0 bridgehead atoms. The van der Waals surface area contributed by atoms with Gasteiger partial charge in [0.15, 0.2) is 11.5 Å². The summed E-state index contributed by atoms with van der Waals surface area (Å²) in [5.41, 5.74) is 7.20. The van der Waals surface area contributed by atoms with Crippen molar-refractivity contribution < 1.29 is 19.1 Å². The number of ether oxygens (including phenoxy) is 2. The number of nitrogens with one attached hydrogen (secondary N) is 1. The van der Waals surface area contributed by atoms with E-state index >= 15 is 0 Å². The molecule has 0 atom stereocenters. The normalized spacial score (nSPS) is 16.5. The van der Waals surface area contributed by atoms with Crippen molar-refractivity contribution in [1.82, 2.24) is 4.90 Å². The third-order valence-electron chi connectivity index (χ3n) is 4.06. The molecular formula is C20H29N3O4. The number of rotatable bonds is 0. The van der Waals surface area contributed by atoms with E-state index < -0.39 is 5.60 Å². The molecule has 0 radical (unpaired) electrons. The monoisotopic (exact) mass is 375 g/mol. The Morgan fingerprint density at radius 2 is 1.85 bits per heavy atom. The molecule has 148 valence electrons. The SMILES string of the molecule is CC.CC(C)(C)OC(=O)N1CCC(=C2Oc3cccc(N)c3NC2=O)CC1. The van der Waals surface area contributed by atoms with Gasteiger partial charge in [-0.05, 0) is 51.3 Å². The van der Waals surface area contributed by atoms with Gasteiger partial charge < -0.3 is 25.4 Å². The highest BCUT2D eigenvalue weighted by molar-refractivity contribution is 6.08. The third kappa shape index (κ3) is 4.93. The van der Waals surface area contributed by atoms with Gasteiger partial charge >= 0.3 is 6.09 Å². The Kier molecular flexibility index (Phi) is 6.36. The minimum atomic E-state index is -0.522. The predicted octanol–water partition coefficient (Wildman–Crippen LogP) is 3.91. The lowest BCUT2D eigenvalue weighted by atomic mass is 10.0. The van der Waals surface area contributed by atoms with Gasteiger partial charge in [-0.1, -0.05) is 19.9 Å². The van der Waals surface area contributed by atoms with Gasteiger partial charge in [-0.3, -0.25) is 4.79 Å². The molecule has 2 amide bonds. The summed E-state index contributed by atoms with van der Waals surface area (Å²) in [6, 6.07) is 5.25. The second kappa shape index (κ2) is 8.33. The fourth-order valence-corrected chi connectivity index (χ4v) is 2.84. The summed E-state index contributed by atoms with van der Waals surface area (Å²) in [5.74, 6) is 0.546. The van der Waals surface area contributed by atoms with Crippen molar-refractivity contribution in [2.75, 3.05) is 24.1 Å².